The molecule has 13 nitrogen and oxygen atoms in total. The van der Waals surface area contributed by atoms with Crippen LogP contribution < -0.4 is 33.2 Å². The highest BCUT2D eigenvalue weighted by atomic mass is 16.4. The average molecular weight is 522 g/mol. The van der Waals surface area contributed by atoms with Gasteiger partial charge in [-0.3, -0.25) is 19.4 Å². The highest BCUT2D eigenvalue weighted by molar-refractivity contribution is 5.94. The number of guanidine groups is 1. The second-order valence-electron chi connectivity index (χ2n) is 9.08. The van der Waals surface area contributed by atoms with Crippen LogP contribution in [0.2, 0.25) is 0 Å². The molecule has 206 valence electrons. The summed E-state index contributed by atoms with van der Waals surface area (Å²) in [6, 6.07) is 4.14. The van der Waals surface area contributed by atoms with Crippen molar-refractivity contribution in [3.8, 4) is 0 Å². The van der Waals surface area contributed by atoms with Crippen LogP contribution in [0.3, 0.4) is 0 Å². The average Bonchev–Trinajstić information content (AvgIpc) is 2.83. The molecule has 1 aromatic rings. The van der Waals surface area contributed by atoms with E-state index in [2.05, 4.69) is 20.9 Å². The van der Waals surface area contributed by atoms with E-state index in [0.717, 1.165) is 0 Å². The molecule has 0 saturated carbocycles. The molecule has 1 rings (SSSR count). The topological polar surface area (TPSA) is 235 Å². The Bertz CT molecular complexity index is 921. The van der Waals surface area contributed by atoms with E-state index in [1.54, 1.807) is 30.3 Å². The molecule has 0 saturated heterocycles. The number of nitrogens with one attached hydrogen (secondary N) is 3. The van der Waals surface area contributed by atoms with Crippen molar-refractivity contribution in [3.05, 3.63) is 35.9 Å². The molecule has 3 amide bonds. The van der Waals surface area contributed by atoms with Crippen LogP contribution in [0.25, 0.3) is 0 Å². The van der Waals surface area contributed by atoms with Crippen molar-refractivity contribution in [2.75, 3.05) is 13.2 Å². The van der Waals surface area contributed by atoms with Gasteiger partial charge in [0.05, 0.1) is 12.6 Å². The highest BCUT2D eigenvalue weighted by Gasteiger charge is 2.30. The van der Waals surface area contributed by atoms with Crippen LogP contribution >= 0.6 is 0 Å². The first-order valence-corrected chi connectivity index (χ1v) is 12.0. The summed E-state index contributed by atoms with van der Waals surface area (Å²) in [6.45, 7) is 3.21. The number of carbonyl (C=O) groups excluding carboxylic acids is 3. The minimum atomic E-state index is -1.55. The van der Waals surface area contributed by atoms with Gasteiger partial charge >= 0.3 is 5.97 Å². The van der Waals surface area contributed by atoms with E-state index in [1.807, 2.05) is 13.8 Å². The van der Waals surface area contributed by atoms with Crippen molar-refractivity contribution in [1.82, 2.24) is 16.0 Å². The molecule has 0 spiro atoms. The first kappa shape index (κ1) is 31.3. The molecule has 0 heterocycles. The van der Waals surface area contributed by atoms with Crippen LogP contribution in [0.5, 0.6) is 0 Å². The van der Waals surface area contributed by atoms with E-state index in [4.69, 9.17) is 17.2 Å². The molecule has 4 unspecified atom stereocenters. The molecule has 0 aliphatic carbocycles. The number of carboxylic acid groups (broad SMARTS) is 1. The lowest BCUT2D eigenvalue weighted by molar-refractivity contribution is -0.143. The Morgan fingerprint density at radius 1 is 0.919 bits per heavy atom. The Morgan fingerprint density at radius 2 is 1.49 bits per heavy atom. The normalized spacial score (nSPS) is 14.1. The number of aliphatic hydroxyl groups excluding tert-OH is 1. The quantitative estimate of drug-likeness (QED) is 0.0694. The lowest BCUT2D eigenvalue weighted by Crippen LogP contribution is -2.58. The van der Waals surface area contributed by atoms with Crippen LogP contribution in [-0.2, 0) is 25.6 Å². The Kier molecular flexibility index (Phi) is 13.6. The van der Waals surface area contributed by atoms with Crippen LogP contribution in [-0.4, -0.2) is 77.2 Å². The second kappa shape index (κ2) is 16.1. The van der Waals surface area contributed by atoms with Gasteiger partial charge in [-0.15, -0.1) is 0 Å². The number of hydrogen-bond donors (Lipinski definition) is 8. The Labute approximate surface area is 216 Å². The number of amides is 3. The number of benzene rings is 1. The van der Waals surface area contributed by atoms with Gasteiger partial charge in [0, 0.05) is 13.0 Å². The number of aliphatic hydroxyl groups is 1. The summed E-state index contributed by atoms with van der Waals surface area (Å²) in [7, 11) is 0. The zero-order chi connectivity index (χ0) is 28.0. The van der Waals surface area contributed by atoms with Crippen LogP contribution in [0.1, 0.15) is 38.7 Å². The molecule has 0 fully saturated rings. The molecular formula is C24H39N7O6. The summed E-state index contributed by atoms with van der Waals surface area (Å²) in [6.07, 6.45) is 0.941. The van der Waals surface area contributed by atoms with Crippen molar-refractivity contribution >= 4 is 29.7 Å². The van der Waals surface area contributed by atoms with Gasteiger partial charge in [0.15, 0.2) is 5.96 Å². The number of carbonyl (C=O) groups is 4. The zero-order valence-electron chi connectivity index (χ0n) is 21.2. The van der Waals surface area contributed by atoms with E-state index in [0.29, 0.717) is 18.4 Å². The van der Waals surface area contributed by atoms with Gasteiger partial charge in [0.2, 0.25) is 17.7 Å². The van der Waals surface area contributed by atoms with Crippen LogP contribution in [0, 0.1) is 5.92 Å². The van der Waals surface area contributed by atoms with Gasteiger partial charge in [-0.05, 0) is 30.7 Å². The maximum absolute atomic E-state index is 13.2. The maximum Gasteiger partial charge on any atom is 0.328 e. The van der Waals surface area contributed by atoms with Crippen molar-refractivity contribution in [2.45, 2.75) is 63.7 Å². The van der Waals surface area contributed by atoms with E-state index < -0.39 is 54.5 Å². The standard InChI is InChI=1S/C24H39N7O6/c1-14(2)11-16(25)20(33)29-17(9-6-10-28-24(26)27)21(34)30-18(12-15-7-4-3-5-8-15)22(35)31-19(13-32)23(36)37/h3-5,7-8,14,16-19,32H,6,9-13,25H2,1-2H3,(H,29,33)(H,30,34)(H,31,35)(H,36,37)(H4,26,27,28). The summed E-state index contributed by atoms with van der Waals surface area (Å²) < 4.78 is 0. The Balaban J connectivity index is 3.10. The summed E-state index contributed by atoms with van der Waals surface area (Å²) in [4.78, 5) is 54.0. The minimum absolute atomic E-state index is 0.0394. The fraction of sp³-hybridized carbons (Fsp3) is 0.542. The number of rotatable bonds is 16. The van der Waals surface area contributed by atoms with Crippen LogP contribution in [0.4, 0.5) is 0 Å². The lowest BCUT2D eigenvalue weighted by Gasteiger charge is -2.25. The third kappa shape index (κ3) is 12.2. The summed E-state index contributed by atoms with van der Waals surface area (Å²) >= 11 is 0. The molecule has 0 bridgehead atoms. The summed E-state index contributed by atoms with van der Waals surface area (Å²) in [5, 5.41) is 25.9. The molecule has 37 heavy (non-hydrogen) atoms. The molecule has 1 aromatic carbocycles. The van der Waals surface area contributed by atoms with E-state index >= 15 is 0 Å². The Hall–Kier alpha value is -3.71. The first-order chi connectivity index (χ1) is 17.4. The van der Waals surface area contributed by atoms with Gasteiger partial charge in [0.25, 0.3) is 0 Å². The molecule has 0 radical (unpaired) electrons. The van der Waals surface area contributed by atoms with Crippen molar-refractivity contribution in [2.24, 2.45) is 28.1 Å². The van der Waals surface area contributed by atoms with Crippen molar-refractivity contribution in [1.29, 1.82) is 0 Å². The molecular weight excluding hydrogens is 482 g/mol. The first-order valence-electron chi connectivity index (χ1n) is 12.0. The molecule has 13 heteroatoms. The number of carboxylic acids is 1. The summed E-state index contributed by atoms with van der Waals surface area (Å²) in [5.74, 6) is -3.37. The number of aliphatic imine (C=N–C) groups is 1. The predicted octanol–water partition coefficient (Wildman–Crippen LogP) is -1.81. The SMILES string of the molecule is CC(C)CC(N)C(=O)NC(CCCN=C(N)N)C(=O)NC(Cc1ccccc1)C(=O)NC(CO)C(=O)O. The monoisotopic (exact) mass is 521 g/mol. The minimum Gasteiger partial charge on any atom is -0.480 e. The number of nitrogens with two attached hydrogens (primary N) is 3. The second-order valence-corrected chi connectivity index (χ2v) is 9.08. The van der Waals surface area contributed by atoms with E-state index in [-0.39, 0.29) is 31.3 Å². The maximum atomic E-state index is 13.2. The van der Waals surface area contributed by atoms with Gasteiger partial charge in [-0.25, -0.2) is 4.79 Å². The Morgan fingerprint density at radius 3 is 2.03 bits per heavy atom. The number of aliphatic carboxylic acids is 1. The fourth-order valence-corrected chi connectivity index (χ4v) is 3.46. The third-order valence-corrected chi connectivity index (χ3v) is 5.35. The molecule has 11 N–H and O–H groups in total. The third-order valence-electron chi connectivity index (χ3n) is 5.35. The number of hydrogen-bond acceptors (Lipinski definition) is 7. The molecule has 4 atom stereocenters. The highest BCUT2D eigenvalue weighted by Crippen LogP contribution is 2.08. The van der Waals surface area contributed by atoms with Gasteiger partial charge < -0.3 is 43.4 Å². The predicted molar refractivity (Wildman–Crippen MR) is 138 cm³/mol. The van der Waals surface area contributed by atoms with Crippen molar-refractivity contribution in [3.63, 3.8) is 0 Å². The number of nitrogens with zero attached hydrogens (tertiary/aromatic N) is 1. The van der Waals surface area contributed by atoms with Crippen molar-refractivity contribution < 1.29 is 29.4 Å². The molecule has 0 aliphatic rings. The van der Waals surface area contributed by atoms with E-state index in [9.17, 15) is 29.4 Å². The van der Waals surface area contributed by atoms with E-state index in [1.165, 1.54) is 0 Å². The van der Waals surface area contributed by atoms with Gasteiger partial charge in [-0.2, -0.15) is 0 Å². The lowest BCUT2D eigenvalue weighted by atomic mass is 10.0. The smallest absolute Gasteiger partial charge is 0.328 e. The largest absolute Gasteiger partial charge is 0.480 e. The molecule has 0 aliphatic heterocycles. The van der Waals surface area contributed by atoms with Crippen LogP contribution in [0.15, 0.2) is 35.3 Å². The summed E-state index contributed by atoms with van der Waals surface area (Å²) in [5.41, 5.74) is 17.3. The zero-order valence-corrected chi connectivity index (χ0v) is 21.2. The van der Waals surface area contributed by atoms with Gasteiger partial charge in [-0.1, -0.05) is 44.2 Å². The fourth-order valence-electron chi connectivity index (χ4n) is 3.46. The van der Waals surface area contributed by atoms with Gasteiger partial charge in [0.1, 0.15) is 18.1 Å². The molecule has 0 aromatic heterocycles.